The van der Waals surface area contributed by atoms with Crippen molar-refractivity contribution in [2.45, 2.75) is 94.6 Å². The molecule has 1 saturated carbocycles. The van der Waals surface area contributed by atoms with Crippen LogP contribution in [0.25, 0.3) is 0 Å². The molecular formula is C23H34F2O2S. The van der Waals surface area contributed by atoms with Gasteiger partial charge in [0.05, 0.1) is 5.92 Å². The maximum absolute atomic E-state index is 12.4. The van der Waals surface area contributed by atoms with Crippen LogP contribution in [0, 0.1) is 11.8 Å². The first-order chi connectivity index (χ1) is 13.6. The van der Waals surface area contributed by atoms with Gasteiger partial charge in [-0.2, -0.15) is 8.78 Å². The molecule has 1 aromatic rings. The summed E-state index contributed by atoms with van der Waals surface area (Å²) in [5.41, 5.74) is 0. The molecule has 1 aliphatic carbocycles. The highest BCUT2D eigenvalue weighted by molar-refractivity contribution is 7.99. The summed E-state index contributed by atoms with van der Waals surface area (Å²) in [7, 11) is 0. The zero-order valence-electron chi connectivity index (χ0n) is 17.0. The molecule has 1 aromatic carbocycles. The van der Waals surface area contributed by atoms with E-state index >= 15 is 0 Å². The SMILES string of the molecule is CCCCCCCCCC1CCC(C(=O)Oc2ccc(SC(F)F)cc2)CC1. The van der Waals surface area contributed by atoms with Crippen LogP contribution in [0.1, 0.15) is 84.0 Å². The molecule has 0 radical (unpaired) electrons. The fourth-order valence-electron chi connectivity index (χ4n) is 3.97. The van der Waals surface area contributed by atoms with E-state index in [4.69, 9.17) is 4.74 Å². The lowest BCUT2D eigenvalue weighted by Gasteiger charge is -2.27. The number of alkyl halides is 2. The zero-order chi connectivity index (χ0) is 20.2. The Morgan fingerprint density at radius 3 is 2.21 bits per heavy atom. The van der Waals surface area contributed by atoms with Gasteiger partial charge in [-0.3, -0.25) is 4.79 Å². The number of rotatable bonds is 12. The third-order valence-corrected chi connectivity index (χ3v) is 6.39. The van der Waals surface area contributed by atoms with Crippen molar-refractivity contribution in [2.75, 3.05) is 0 Å². The van der Waals surface area contributed by atoms with E-state index in [0.717, 1.165) is 31.6 Å². The van der Waals surface area contributed by atoms with Crippen LogP contribution in [-0.4, -0.2) is 11.7 Å². The quantitative estimate of drug-likeness (QED) is 0.151. The largest absolute Gasteiger partial charge is 0.426 e. The molecule has 0 aliphatic heterocycles. The van der Waals surface area contributed by atoms with Gasteiger partial charge in [0, 0.05) is 4.90 Å². The molecular weight excluding hydrogens is 378 g/mol. The first-order valence-electron chi connectivity index (χ1n) is 10.8. The number of hydrogen-bond donors (Lipinski definition) is 0. The Balaban J connectivity index is 1.61. The second-order valence-electron chi connectivity index (χ2n) is 7.90. The number of halogens is 2. The van der Waals surface area contributed by atoms with Crippen molar-refractivity contribution < 1.29 is 18.3 Å². The molecule has 0 spiro atoms. The Bertz CT molecular complexity index is 554. The van der Waals surface area contributed by atoms with Crippen molar-refractivity contribution in [2.24, 2.45) is 11.8 Å². The highest BCUT2D eigenvalue weighted by Gasteiger charge is 2.27. The van der Waals surface area contributed by atoms with E-state index in [9.17, 15) is 13.6 Å². The first kappa shape index (κ1) is 23.2. The van der Waals surface area contributed by atoms with Crippen LogP contribution in [0.15, 0.2) is 29.2 Å². The van der Waals surface area contributed by atoms with Crippen LogP contribution in [0.4, 0.5) is 8.78 Å². The minimum Gasteiger partial charge on any atom is -0.426 e. The Kier molecular flexibility index (Phi) is 10.9. The third kappa shape index (κ3) is 8.93. The van der Waals surface area contributed by atoms with Crippen molar-refractivity contribution >= 4 is 17.7 Å². The molecule has 0 bridgehead atoms. The number of benzene rings is 1. The molecule has 2 nitrogen and oxygen atoms in total. The Labute approximate surface area is 172 Å². The molecule has 0 amide bonds. The number of thioether (sulfide) groups is 1. The molecule has 0 heterocycles. The molecule has 0 N–H and O–H groups in total. The van der Waals surface area contributed by atoms with Crippen molar-refractivity contribution in [1.82, 2.24) is 0 Å². The average molecular weight is 413 g/mol. The summed E-state index contributed by atoms with van der Waals surface area (Å²) in [6.07, 6.45) is 14.7. The minimum atomic E-state index is -2.44. The zero-order valence-corrected chi connectivity index (χ0v) is 17.8. The number of unbranched alkanes of at least 4 members (excludes halogenated alkanes) is 6. The number of carbonyl (C=O) groups is 1. The van der Waals surface area contributed by atoms with Crippen LogP contribution in [-0.2, 0) is 4.79 Å². The van der Waals surface area contributed by atoms with Gasteiger partial charge in [0.1, 0.15) is 5.75 Å². The van der Waals surface area contributed by atoms with Crippen LogP contribution < -0.4 is 4.74 Å². The van der Waals surface area contributed by atoms with E-state index in [1.54, 1.807) is 24.3 Å². The second kappa shape index (κ2) is 13.2. The van der Waals surface area contributed by atoms with E-state index in [2.05, 4.69) is 6.92 Å². The highest BCUT2D eigenvalue weighted by Crippen LogP contribution is 2.33. The Morgan fingerprint density at radius 1 is 1.00 bits per heavy atom. The van der Waals surface area contributed by atoms with Crippen molar-refractivity contribution in [3.8, 4) is 5.75 Å². The summed E-state index contributed by atoms with van der Waals surface area (Å²) in [6.45, 7) is 2.25. The first-order valence-corrected chi connectivity index (χ1v) is 11.7. The summed E-state index contributed by atoms with van der Waals surface area (Å²) in [5.74, 6) is -1.45. The van der Waals surface area contributed by atoms with Crippen molar-refractivity contribution in [3.63, 3.8) is 0 Å². The predicted octanol–water partition coefficient (Wildman–Crippen LogP) is 7.85. The molecule has 1 fully saturated rings. The smallest absolute Gasteiger partial charge is 0.314 e. The van der Waals surface area contributed by atoms with E-state index in [1.165, 1.54) is 51.4 Å². The van der Waals surface area contributed by atoms with Crippen molar-refractivity contribution in [3.05, 3.63) is 24.3 Å². The molecule has 0 saturated heterocycles. The standard InChI is InChI=1S/C23H34F2O2S/c1-2-3-4-5-6-7-8-9-18-10-12-19(13-11-18)22(26)27-20-14-16-21(17-15-20)28-23(24)25/h14-19,23H,2-13H2,1H3. The Hall–Kier alpha value is -1.10. The topological polar surface area (TPSA) is 26.3 Å². The molecule has 0 unspecified atom stereocenters. The predicted molar refractivity (Wildman–Crippen MR) is 112 cm³/mol. The van der Waals surface area contributed by atoms with Crippen molar-refractivity contribution in [1.29, 1.82) is 0 Å². The number of ether oxygens (including phenoxy) is 1. The summed E-state index contributed by atoms with van der Waals surface area (Å²) in [4.78, 5) is 12.8. The Morgan fingerprint density at radius 2 is 1.61 bits per heavy atom. The molecule has 0 aromatic heterocycles. The maximum Gasteiger partial charge on any atom is 0.314 e. The van der Waals surface area contributed by atoms with Crippen LogP contribution in [0.5, 0.6) is 5.75 Å². The molecule has 158 valence electrons. The average Bonchev–Trinajstić information content (AvgIpc) is 2.69. The van der Waals surface area contributed by atoms with Crippen LogP contribution in [0.2, 0.25) is 0 Å². The molecule has 0 atom stereocenters. The van der Waals surface area contributed by atoms with Gasteiger partial charge in [0.2, 0.25) is 0 Å². The van der Waals surface area contributed by atoms with E-state index < -0.39 is 5.76 Å². The molecule has 2 rings (SSSR count). The van der Waals surface area contributed by atoms with Gasteiger partial charge in [0.15, 0.2) is 0 Å². The van der Waals surface area contributed by atoms with Gasteiger partial charge in [0.25, 0.3) is 5.76 Å². The number of carbonyl (C=O) groups excluding carboxylic acids is 1. The van der Waals surface area contributed by atoms with Gasteiger partial charge in [-0.1, -0.05) is 70.1 Å². The molecule has 5 heteroatoms. The summed E-state index contributed by atoms with van der Waals surface area (Å²) in [6, 6.07) is 6.32. The second-order valence-corrected chi connectivity index (χ2v) is 8.96. The monoisotopic (exact) mass is 412 g/mol. The molecule has 28 heavy (non-hydrogen) atoms. The van der Waals surface area contributed by atoms with Gasteiger partial charge >= 0.3 is 5.97 Å². The van der Waals surface area contributed by atoms with Crippen LogP contribution in [0.3, 0.4) is 0 Å². The number of esters is 1. The lowest BCUT2D eigenvalue weighted by Crippen LogP contribution is -2.25. The van der Waals surface area contributed by atoms with E-state index in [1.807, 2.05) is 0 Å². The van der Waals surface area contributed by atoms with Gasteiger partial charge in [-0.15, -0.1) is 0 Å². The maximum atomic E-state index is 12.4. The molecule has 1 aliphatic rings. The van der Waals surface area contributed by atoms with Crippen LogP contribution >= 0.6 is 11.8 Å². The van der Waals surface area contributed by atoms with Gasteiger partial charge in [-0.25, -0.2) is 0 Å². The lowest BCUT2D eigenvalue weighted by atomic mass is 9.80. The summed E-state index contributed by atoms with van der Waals surface area (Å²) in [5, 5.41) is 0. The summed E-state index contributed by atoms with van der Waals surface area (Å²) < 4.78 is 30.1. The van der Waals surface area contributed by atoms with Gasteiger partial charge in [-0.05, 0) is 55.9 Å². The minimum absolute atomic E-state index is 0.0274. The fourth-order valence-corrected chi connectivity index (χ4v) is 4.46. The highest BCUT2D eigenvalue weighted by atomic mass is 32.2. The van der Waals surface area contributed by atoms with E-state index in [-0.39, 0.29) is 11.9 Å². The van der Waals surface area contributed by atoms with E-state index in [0.29, 0.717) is 22.4 Å². The normalized spacial score (nSPS) is 19.7. The third-order valence-electron chi connectivity index (χ3n) is 5.66. The fraction of sp³-hybridized carbons (Fsp3) is 0.696. The van der Waals surface area contributed by atoms with Gasteiger partial charge < -0.3 is 4.74 Å². The summed E-state index contributed by atoms with van der Waals surface area (Å²) >= 11 is 0.493. The lowest BCUT2D eigenvalue weighted by molar-refractivity contribution is -0.140. The number of hydrogen-bond acceptors (Lipinski definition) is 3.